The van der Waals surface area contributed by atoms with Gasteiger partial charge in [0.15, 0.2) is 0 Å². The van der Waals surface area contributed by atoms with E-state index in [0.717, 1.165) is 38.5 Å². The van der Waals surface area contributed by atoms with Crippen LogP contribution in [0.4, 0.5) is 0 Å². The van der Waals surface area contributed by atoms with Crippen LogP contribution in [-0.4, -0.2) is 60.6 Å². The number of hydrogen-bond donors (Lipinski definition) is 0. The van der Waals surface area contributed by atoms with Crippen LogP contribution >= 0.6 is 0 Å². The van der Waals surface area contributed by atoms with Gasteiger partial charge in [-0.2, -0.15) is 0 Å². The molecule has 0 aromatic heterocycles. The highest BCUT2D eigenvalue weighted by atomic mass is 16.1. The SMILES string of the molecule is CN(C)[C@@]12CC(=O)[C@]3(C=C1c1ccc(C4=C[C@@]56CCCC[C@@H]5[C@]4(N(C)C)CC6=O)cc1)CCCC[C@@H]32. The van der Waals surface area contributed by atoms with E-state index in [0.29, 0.717) is 36.2 Å². The summed E-state index contributed by atoms with van der Waals surface area (Å²) >= 11 is 0. The van der Waals surface area contributed by atoms with Gasteiger partial charge in [0.2, 0.25) is 0 Å². The van der Waals surface area contributed by atoms with Crippen LogP contribution in [0, 0.1) is 22.7 Å². The first-order valence-electron chi connectivity index (χ1n) is 14.2. The third-order valence-corrected chi connectivity index (χ3v) is 11.8. The molecule has 1 aromatic carbocycles. The minimum absolute atomic E-state index is 0.171. The number of ketones is 2. The zero-order chi connectivity index (χ0) is 25.1. The maximum absolute atomic E-state index is 13.3. The Labute approximate surface area is 215 Å². The summed E-state index contributed by atoms with van der Waals surface area (Å²) in [7, 11) is 8.68. The maximum Gasteiger partial charge on any atom is 0.145 e. The minimum atomic E-state index is -0.242. The van der Waals surface area contributed by atoms with E-state index in [1.54, 1.807) is 0 Å². The Balaban J connectivity index is 1.30. The molecular weight excluding hydrogens is 444 g/mol. The normalized spacial score (nSPS) is 42.7. The smallest absolute Gasteiger partial charge is 0.145 e. The molecule has 190 valence electrons. The van der Waals surface area contributed by atoms with E-state index < -0.39 is 0 Å². The number of rotatable bonds is 4. The Bertz CT molecular complexity index is 1130. The number of carbonyl (C=O) groups is 2. The highest BCUT2D eigenvalue weighted by molar-refractivity contribution is 6.03. The van der Waals surface area contributed by atoms with Crippen LogP contribution in [0.25, 0.3) is 11.1 Å². The van der Waals surface area contributed by atoms with Gasteiger partial charge in [-0.15, -0.1) is 0 Å². The van der Waals surface area contributed by atoms with Crippen molar-refractivity contribution in [1.29, 1.82) is 0 Å². The minimum Gasteiger partial charge on any atom is -0.299 e. The Morgan fingerprint density at radius 2 is 1.03 bits per heavy atom. The van der Waals surface area contributed by atoms with Crippen LogP contribution in [0.2, 0.25) is 0 Å². The lowest BCUT2D eigenvalue weighted by atomic mass is 9.68. The standard InChI is InChI=1S/C32H40N2O2/c1-33(2)31-19-27(35)29(15-7-5-9-25(29)31)17-23(31)21-11-13-22(14-12-21)24-18-30-16-8-6-10-26(30)32(24,34(3)4)20-28(30)36/h11-14,17-18,25-26H,5-10,15-16,19-20H2,1-4H3/t25-,26-,29-,30-,31-,32-/m0/s1. The van der Waals surface area contributed by atoms with Crippen molar-refractivity contribution in [2.45, 2.75) is 75.3 Å². The third-order valence-electron chi connectivity index (χ3n) is 11.8. The first-order chi connectivity index (χ1) is 17.2. The summed E-state index contributed by atoms with van der Waals surface area (Å²) in [5, 5.41) is 0. The number of carbonyl (C=O) groups excluding carboxylic acids is 2. The molecule has 0 N–H and O–H groups in total. The topological polar surface area (TPSA) is 40.6 Å². The van der Waals surface area contributed by atoms with Gasteiger partial charge in [-0.05, 0) is 88.0 Å². The highest BCUT2D eigenvalue weighted by Crippen LogP contribution is 2.68. The van der Waals surface area contributed by atoms with E-state index >= 15 is 0 Å². The van der Waals surface area contributed by atoms with Crippen molar-refractivity contribution in [2.75, 3.05) is 28.2 Å². The fourth-order valence-corrected chi connectivity index (χ4v) is 10.2. The van der Waals surface area contributed by atoms with Crippen LogP contribution in [0.5, 0.6) is 0 Å². The molecule has 0 unspecified atom stereocenters. The molecular formula is C32H40N2O2. The number of benzene rings is 1. The lowest BCUT2D eigenvalue weighted by Crippen LogP contribution is -2.48. The quantitative estimate of drug-likeness (QED) is 0.575. The van der Waals surface area contributed by atoms with Gasteiger partial charge in [0.25, 0.3) is 0 Å². The second-order valence-corrected chi connectivity index (χ2v) is 13.2. The van der Waals surface area contributed by atoms with Gasteiger partial charge in [-0.3, -0.25) is 19.4 Å². The molecule has 4 saturated carbocycles. The van der Waals surface area contributed by atoms with Gasteiger partial charge in [0.05, 0.1) is 21.9 Å². The monoisotopic (exact) mass is 484 g/mol. The number of likely N-dealkylation sites (N-methyl/N-ethyl adjacent to an activating group) is 2. The molecule has 36 heavy (non-hydrogen) atoms. The van der Waals surface area contributed by atoms with Crippen molar-refractivity contribution in [3.05, 3.63) is 47.5 Å². The predicted octanol–water partition coefficient (Wildman–Crippen LogP) is 5.38. The van der Waals surface area contributed by atoms with Crippen LogP contribution in [0.3, 0.4) is 0 Å². The Morgan fingerprint density at radius 1 is 0.639 bits per heavy atom. The summed E-state index contributed by atoms with van der Waals surface area (Å²) in [6.45, 7) is 0. The molecule has 6 aliphatic carbocycles. The van der Waals surface area contributed by atoms with Gasteiger partial charge >= 0.3 is 0 Å². The molecule has 0 saturated heterocycles. The number of hydrogen-bond acceptors (Lipinski definition) is 4. The summed E-state index contributed by atoms with van der Waals surface area (Å²) < 4.78 is 0. The summed E-state index contributed by atoms with van der Waals surface area (Å²) in [6.07, 6.45) is 15.2. The van der Waals surface area contributed by atoms with Crippen molar-refractivity contribution in [1.82, 2.24) is 9.80 Å². The average Bonchev–Trinajstić information content (AvgIpc) is 3.52. The molecule has 4 heteroatoms. The summed E-state index contributed by atoms with van der Waals surface area (Å²) in [5.74, 6) is 1.75. The molecule has 1 aromatic rings. The zero-order valence-corrected chi connectivity index (χ0v) is 22.4. The molecule has 7 rings (SSSR count). The number of nitrogens with zero attached hydrogens (tertiary/aromatic N) is 2. The van der Waals surface area contributed by atoms with Gasteiger partial charge in [-0.25, -0.2) is 0 Å². The average molecular weight is 485 g/mol. The molecule has 0 radical (unpaired) electrons. The first-order valence-corrected chi connectivity index (χ1v) is 14.2. The van der Waals surface area contributed by atoms with Crippen molar-refractivity contribution >= 4 is 22.7 Å². The number of allylic oxidation sites excluding steroid dienone is 2. The highest BCUT2D eigenvalue weighted by Gasteiger charge is 2.69. The largest absolute Gasteiger partial charge is 0.299 e. The van der Waals surface area contributed by atoms with Crippen LogP contribution in [-0.2, 0) is 9.59 Å². The Morgan fingerprint density at radius 3 is 1.39 bits per heavy atom. The molecule has 4 nitrogen and oxygen atoms in total. The van der Waals surface area contributed by atoms with E-state index in [1.807, 2.05) is 0 Å². The summed E-state index contributed by atoms with van der Waals surface area (Å²) in [4.78, 5) is 31.3. The molecule has 4 fully saturated rings. The van der Waals surface area contributed by atoms with Crippen LogP contribution in [0.15, 0.2) is 36.4 Å². The predicted molar refractivity (Wildman–Crippen MR) is 143 cm³/mol. The van der Waals surface area contributed by atoms with E-state index in [1.165, 1.54) is 35.1 Å². The second kappa shape index (κ2) is 7.29. The summed E-state index contributed by atoms with van der Waals surface area (Å²) in [5.41, 5.74) is 4.45. The third kappa shape index (κ3) is 2.44. The van der Waals surface area contributed by atoms with Gasteiger partial charge in [-0.1, -0.05) is 62.1 Å². The van der Waals surface area contributed by atoms with E-state index in [4.69, 9.17) is 0 Å². The lowest BCUT2D eigenvalue weighted by molar-refractivity contribution is -0.126. The van der Waals surface area contributed by atoms with Crippen LogP contribution < -0.4 is 0 Å². The fourth-order valence-electron chi connectivity index (χ4n) is 10.2. The molecule has 6 atom stereocenters. The van der Waals surface area contributed by atoms with Gasteiger partial charge in [0.1, 0.15) is 11.6 Å². The van der Waals surface area contributed by atoms with Crippen molar-refractivity contribution in [2.24, 2.45) is 22.7 Å². The lowest BCUT2D eigenvalue weighted by Gasteiger charge is -2.43. The fraction of sp³-hybridized carbons (Fsp3) is 0.625. The Kier molecular flexibility index (Phi) is 4.68. The van der Waals surface area contributed by atoms with Crippen molar-refractivity contribution in [3.63, 3.8) is 0 Å². The molecule has 0 spiro atoms. The maximum atomic E-state index is 13.3. The molecule has 0 heterocycles. The second-order valence-electron chi connectivity index (χ2n) is 13.2. The van der Waals surface area contributed by atoms with Gasteiger partial charge in [0, 0.05) is 12.8 Å². The molecule has 6 aliphatic rings. The Hall–Kier alpha value is -2.04. The van der Waals surface area contributed by atoms with Crippen LogP contribution in [0.1, 0.15) is 75.3 Å². The summed E-state index contributed by atoms with van der Waals surface area (Å²) in [6, 6.07) is 9.22. The van der Waals surface area contributed by atoms with E-state index in [9.17, 15) is 9.59 Å². The molecule has 0 aliphatic heterocycles. The zero-order valence-electron chi connectivity index (χ0n) is 22.4. The molecule has 0 amide bonds. The number of Topliss-reactive ketones (excluding diaryl/α,β-unsaturated/α-hetero) is 2. The van der Waals surface area contributed by atoms with E-state index in [2.05, 4.69) is 74.4 Å². The van der Waals surface area contributed by atoms with Crippen molar-refractivity contribution < 1.29 is 9.59 Å². The first kappa shape index (κ1) is 23.1. The molecule has 4 bridgehead atoms. The van der Waals surface area contributed by atoms with Gasteiger partial charge < -0.3 is 0 Å². The van der Waals surface area contributed by atoms with Crippen molar-refractivity contribution in [3.8, 4) is 0 Å². The van der Waals surface area contributed by atoms with E-state index in [-0.39, 0.29) is 21.9 Å².